The molecule has 4 nitrogen and oxygen atoms in total. The van der Waals surface area contributed by atoms with Crippen LogP contribution < -0.4 is 5.32 Å². The van der Waals surface area contributed by atoms with Gasteiger partial charge in [0.2, 0.25) is 0 Å². The van der Waals surface area contributed by atoms with E-state index in [-0.39, 0.29) is 12.5 Å². The SMILES string of the molecule is CCc1cccc(C)c1NC(=O)COC(=O)C1(c2ccccc2F)CCCC1. The molecule has 0 spiro atoms. The van der Waals surface area contributed by atoms with Crippen molar-refractivity contribution in [3.63, 3.8) is 0 Å². The quantitative estimate of drug-likeness (QED) is 0.736. The lowest BCUT2D eigenvalue weighted by molar-refractivity contribution is -0.153. The summed E-state index contributed by atoms with van der Waals surface area (Å²) in [6, 6.07) is 12.2. The molecule has 5 heteroatoms. The second-order valence-corrected chi connectivity index (χ2v) is 7.36. The van der Waals surface area contributed by atoms with Crippen LogP contribution in [0.2, 0.25) is 0 Å². The molecule has 28 heavy (non-hydrogen) atoms. The summed E-state index contributed by atoms with van der Waals surface area (Å²) in [5.41, 5.74) is 2.11. The number of esters is 1. The van der Waals surface area contributed by atoms with E-state index in [0.29, 0.717) is 18.4 Å². The number of nitrogens with one attached hydrogen (secondary N) is 1. The molecule has 1 amide bonds. The van der Waals surface area contributed by atoms with Crippen LogP contribution >= 0.6 is 0 Å². The van der Waals surface area contributed by atoms with Gasteiger partial charge in [0.05, 0.1) is 5.41 Å². The molecule has 0 heterocycles. The zero-order valence-corrected chi connectivity index (χ0v) is 16.4. The van der Waals surface area contributed by atoms with Gasteiger partial charge in [0.1, 0.15) is 5.82 Å². The summed E-state index contributed by atoms with van der Waals surface area (Å²) in [4.78, 5) is 25.3. The molecule has 0 radical (unpaired) electrons. The second-order valence-electron chi connectivity index (χ2n) is 7.36. The van der Waals surface area contributed by atoms with Crippen molar-refractivity contribution in [3.05, 3.63) is 65.0 Å². The Labute approximate surface area is 165 Å². The number of anilines is 1. The van der Waals surface area contributed by atoms with Crippen LogP contribution in [0.15, 0.2) is 42.5 Å². The summed E-state index contributed by atoms with van der Waals surface area (Å²) in [5.74, 6) is -1.32. The van der Waals surface area contributed by atoms with Crippen molar-refractivity contribution in [3.8, 4) is 0 Å². The second kappa shape index (κ2) is 8.55. The maximum absolute atomic E-state index is 14.4. The lowest BCUT2D eigenvalue weighted by atomic mass is 9.78. The van der Waals surface area contributed by atoms with Crippen molar-refractivity contribution < 1.29 is 18.7 Å². The van der Waals surface area contributed by atoms with Crippen LogP contribution in [-0.4, -0.2) is 18.5 Å². The summed E-state index contributed by atoms with van der Waals surface area (Å²) < 4.78 is 19.7. The molecular weight excluding hydrogens is 357 g/mol. The minimum atomic E-state index is -0.997. The van der Waals surface area contributed by atoms with E-state index in [1.807, 2.05) is 32.0 Å². The van der Waals surface area contributed by atoms with Gasteiger partial charge in [-0.1, -0.05) is 56.2 Å². The zero-order chi connectivity index (χ0) is 20.1. The molecule has 1 saturated carbocycles. The van der Waals surface area contributed by atoms with E-state index in [1.165, 1.54) is 6.07 Å². The van der Waals surface area contributed by atoms with E-state index in [4.69, 9.17) is 4.74 Å². The van der Waals surface area contributed by atoms with Gasteiger partial charge in [-0.3, -0.25) is 9.59 Å². The van der Waals surface area contributed by atoms with Gasteiger partial charge in [0.25, 0.3) is 5.91 Å². The molecular formula is C23H26FNO3. The van der Waals surface area contributed by atoms with E-state index in [1.54, 1.807) is 18.2 Å². The van der Waals surface area contributed by atoms with E-state index in [2.05, 4.69) is 5.32 Å². The Morgan fingerprint density at radius 1 is 1.11 bits per heavy atom. The number of rotatable bonds is 6. The molecule has 0 unspecified atom stereocenters. The van der Waals surface area contributed by atoms with Gasteiger partial charge in [-0.05, 0) is 43.4 Å². The number of halogens is 1. The molecule has 1 N–H and O–H groups in total. The Kier molecular flexibility index (Phi) is 6.12. The fraction of sp³-hybridized carbons (Fsp3) is 0.391. The Morgan fingerprint density at radius 2 is 1.82 bits per heavy atom. The van der Waals surface area contributed by atoms with Crippen LogP contribution in [0.25, 0.3) is 0 Å². The van der Waals surface area contributed by atoms with Crippen molar-refractivity contribution in [1.82, 2.24) is 0 Å². The van der Waals surface area contributed by atoms with Crippen molar-refractivity contribution >= 4 is 17.6 Å². The molecule has 0 atom stereocenters. The van der Waals surface area contributed by atoms with Gasteiger partial charge in [0.15, 0.2) is 6.61 Å². The maximum Gasteiger partial charge on any atom is 0.317 e. The summed E-state index contributed by atoms with van der Waals surface area (Å²) in [6.45, 7) is 3.56. The van der Waals surface area contributed by atoms with Crippen molar-refractivity contribution in [2.75, 3.05) is 11.9 Å². The van der Waals surface area contributed by atoms with Crippen LogP contribution in [0.3, 0.4) is 0 Å². The van der Waals surface area contributed by atoms with E-state index in [9.17, 15) is 14.0 Å². The topological polar surface area (TPSA) is 55.4 Å². The van der Waals surface area contributed by atoms with Gasteiger partial charge < -0.3 is 10.1 Å². The monoisotopic (exact) mass is 383 g/mol. The first-order valence-corrected chi connectivity index (χ1v) is 9.78. The van der Waals surface area contributed by atoms with Gasteiger partial charge in [-0.2, -0.15) is 0 Å². The Bertz CT molecular complexity index is 872. The molecule has 0 aliphatic heterocycles. The number of carbonyl (C=O) groups excluding carboxylic acids is 2. The van der Waals surface area contributed by atoms with Gasteiger partial charge in [0, 0.05) is 11.3 Å². The minimum absolute atomic E-state index is 0.366. The van der Waals surface area contributed by atoms with Crippen molar-refractivity contribution in [2.24, 2.45) is 0 Å². The number of benzene rings is 2. The molecule has 2 aromatic rings. The van der Waals surface area contributed by atoms with Crippen LogP contribution in [-0.2, 0) is 26.2 Å². The molecule has 1 fully saturated rings. The van der Waals surface area contributed by atoms with Crippen LogP contribution in [0.1, 0.15) is 49.3 Å². The summed E-state index contributed by atoms with van der Waals surface area (Å²) >= 11 is 0. The molecule has 0 bridgehead atoms. The Hall–Kier alpha value is -2.69. The predicted molar refractivity (Wildman–Crippen MR) is 107 cm³/mol. The molecule has 2 aromatic carbocycles. The fourth-order valence-corrected chi connectivity index (χ4v) is 4.06. The first-order chi connectivity index (χ1) is 13.5. The molecule has 0 saturated heterocycles. The first-order valence-electron chi connectivity index (χ1n) is 9.78. The fourth-order valence-electron chi connectivity index (χ4n) is 4.06. The van der Waals surface area contributed by atoms with Crippen molar-refractivity contribution in [2.45, 2.75) is 51.4 Å². The third-order valence-electron chi connectivity index (χ3n) is 5.58. The van der Waals surface area contributed by atoms with Crippen LogP contribution in [0.4, 0.5) is 10.1 Å². The highest BCUT2D eigenvalue weighted by Gasteiger charge is 2.45. The van der Waals surface area contributed by atoms with Gasteiger partial charge in [-0.15, -0.1) is 0 Å². The number of amides is 1. The third-order valence-corrected chi connectivity index (χ3v) is 5.58. The highest BCUT2D eigenvalue weighted by atomic mass is 19.1. The molecule has 0 aromatic heterocycles. The average Bonchev–Trinajstić information content (AvgIpc) is 3.19. The lowest BCUT2D eigenvalue weighted by Gasteiger charge is -2.27. The minimum Gasteiger partial charge on any atom is -0.455 e. The van der Waals surface area contributed by atoms with Crippen LogP contribution in [0.5, 0.6) is 0 Å². The summed E-state index contributed by atoms with van der Waals surface area (Å²) in [6.07, 6.45) is 3.52. The number of carbonyl (C=O) groups is 2. The molecule has 1 aliphatic rings. The number of aryl methyl sites for hydroxylation is 2. The summed E-state index contributed by atoms with van der Waals surface area (Å²) in [5, 5.41) is 2.85. The lowest BCUT2D eigenvalue weighted by Crippen LogP contribution is -2.37. The van der Waals surface area contributed by atoms with E-state index >= 15 is 0 Å². The number of ether oxygens (including phenoxy) is 1. The Balaban J connectivity index is 1.71. The standard InChI is InChI=1S/C23H26FNO3/c1-3-17-10-8-9-16(2)21(17)25-20(26)15-28-22(27)23(13-6-7-14-23)18-11-4-5-12-19(18)24/h4-5,8-12H,3,6-7,13-15H2,1-2H3,(H,25,26). The molecule has 3 rings (SSSR count). The zero-order valence-electron chi connectivity index (χ0n) is 16.4. The number of hydrogen-bond donors (Lipinski definition) is 1. The van der Waals surface area contributed by atoms with E-state index in [0.717, 1.165) is 36.1 Å². The Morgan fingerprint density at radius 3 is 2.50 bits per heavy atom. The average molecular weight is 383 g/mol. The smallest absolute Gasteiger partial charge is 0.317 e. The maximum atomic E-state index is 14.4. The highest BCUT2D eigenvalue weighted by molar-refractivity contribution is 5.95. The third kappa shape index (κ3) is 3.93. The van der Waals surface area contributed by atoms with Crippen LogP contribution in [0, 0.1) is 12.7 Å². The van der Waals surface area contributed by atoms with Gasteiger partial charge in [-0.25, -0.2) is 4.39 Å². The predicted octanol–water partition coefficient (Wildman–Crippen LogP) is 4.69. The van der Waals surface area contributed by atoms with Gasteiger partial charge >= 0.3 is 5.97 Å². The largest absolute Gasteiger partial charge is 0.455 e. The highest BCUT2D eigenvalue weighted by Crippen LogP contribution is 2.43. The van der Waals surface area contributed by atoms with E-state index < -0.39 is 17.2 Å². The first kappa shape index (κ1) is 20.1. The molecule has 1 aliphatic carbocycles. The normalized spacial score (nSPS) is 15.2. The number of hydrogen-bond acceptors (Lipinski definition) is 3. The van der Waals surface area contributed by atoms with Crippen molar-refractivity contribution in [1.29, 1.82) is 0 Å². The number of para-hydroxylation sites is 1. The molecule has 148 valence electrons. The summed E-state index contributed by atoms with van der Waals surface area (Å²) in [7, 11) is 0.